The lowest BCUT2D eigenvalue weighted by molar-refractivity contribution is -0.153. The molecule has 0 bridgehead atoms. The van der Waals surface area contributed by atoms with Gasteiger partial charge in [0.25, 0.3) is 0 Å². The molecular weight excluding hydrogens is 242 g/mol. The average molecular weight is 267 g/mol. The molecule has 1 aliphatic carbocycles. The van der Waals surface area contributed by atoms with Gasteiger partial charge in [-0.3, -0.25) is 9.59 Å². The number of rotatable bonds is 6. The van der Waals surface area contributed by atoms with E-state index >= 15 is 0 Å². The predicted octanol–water partition coefficient (Wildman–Crippen LogP) is 2.53. The second kappa shape index (κ2) is 7.31. The van der Waals surface area contributed by atoms with E-state index in [1.165, 1.54) is 6.42 Å². The lowest BCUT2D eigenvalue weighted by Crippen LogP contribution is -2.46. The fourth-order valence-electron chi connectivity index (χ4n) is 2.67. The minimum atomic E-state index is -0.350. The van der Waals surface area contributed by atoms with Crippen LogP contribution in [0.5, 0.6) is 0 Å². The fraction of sp³-hybridized carbons (Fsp3) is 0.733. The van der Waals surface area contributed by atoms with Crippen LogP contribution in [0.2, 0.25) is 0 Å². The second-order valence-corrected chi connectivity index (χ2v) is 5.40. The molecule has 0 atom stereocenters. The summed E-state index contributed by atoms with van der Waals surface area (Å²) < 4.78 is 4.92. The first-order chi connectivity index (χ1) is 9.03. The van der Waals surface area contributed by atoms with E-state index in [-0.39, 0.29) is 23.8 Å². The van der Waals surface area contributed by atoms with E-state index in [0.717, 1.165) is 25.7 Å². The first-order valence-corrected chi connectivity index (χ1v) is 7.09. The highest BCUT2D eigenvalue weighted by Gasteiger charge is 2.37. The van der Waals surface area contributed by atoms with Crippen LogP contribution in [-0.2, 0) is 14.3 Å². The first kappa shape index (κ1) is 15.7. The van der Waals surface area contributed by atoms with Gasteiger partial charge in [0, 0.05) is 12.0 Å². The molecule has 0 aromatic heterocycles. The maximum atomic E-state index is 12.6. The summed E-state index contributed by atoms with van der Waals surface area (Å²) in [4.78, 5) is 25.8. The molecule has 0 aromatic rings. The van der Waals surface area contributed by atoms with Gasteiger partial charge in [-0.2, -0.15) is 0 Å². The maximum absolute atomic E-state index is 12.6. The van der Waals surface area contributed by atoms with Gasteiger partial charge in [0.05, 0.1) is 6.61 Å². The molecule has 0 aromatic carbocycles. The standard InChI is InChI=1S/C15H25NO3/c1-4-11-16(12-13(17)19-5-2)14(18)15(3)9-7-6-8-10-15/h4H,1,5-12H2,2-3H3. The molecule has 1 amide bonds. The van der Waals surface area contributed by atoms with Gasteiger partial charge >= 0.3 is 5.97 Å². The zero-order chi connectivity index (χ0) is 14.3. The Balaban J connectivity index is 2.70. The number of carbonyl (C=O) groups excluding carboxylic acids is 2. The van der Waals surface area contributed by atoms with Crippen LogP contribution in [0.15, 0.2) is 12.7 Å². The topological polar surface area (TPSA) is 46.6 Å². The first-order valence-electron chi connectivity index (χ1n) is 7.09. The molecule has 1 rings (SSSR count). The number of amides is 1. The predicted molar refractivity (Wildman–Crippen MR) is 74.6 cm³/mol. The van der Waals surface area contributed by atoms with Gasteiger partial charge in [-0.25, -0.2) is 0 Å². The van der Waals surface area contributed by atoms with Gasteiger partial charge in [0.15, 0.2) is 0 Å². The van der Waals surface area contributed by atoms with Crippen molar-refractivity contribution in [2.75, 3.05) is 19.7 Å². The zero-order valence-corrected chi connectivity index (χ0v) is 12.1. The van der Waals surface area contributed by atoms with Crippen molar-refractivity contribution >= 4 is 11.9 Å². The third-order valence-corrected chi connectivity index (χ3v) is 3.74. The molecule has 0 N–H and O–H groups in total. The Morgan fingerprint density at radius 1 is 1.32 bits per heavy atom. The molecular formula is C15H25NO3. The van der Waals surface area contributed by atoms with E-state index in [4.69, 9.17) is 4.74 Å². The number of ether oxygens (including phenoxy) is 1. The van der Waals surface area contributed by atoms with E-state index < -0.39 is 0 Å². The summed E-state index contributed by atoms with van der Waals surface area (Å²) in [6, 6.07) is 0. The van der Waals surface area contributed by atoms with Crippen LogP contribution < -0.4 is 0 Å². The van der Waals surface area contributed by atoms with E-state index in [1.807, 2.05) is 6.92 Å². The molecule has 1 aliphatic rings. The molecule has 0 saturated heterocycles. The maximum Gasteiger partial charge on any atom is 0.325 e. The van der Waals surface area contributed by atoms with Gasteiger partial charge in [-0.1, -0.05) is 32.3 Å². The molecule has 4 nitrogen and oxygen atoms in total. The summed E-state index contributed by atoms with van der Waals surface area (Å²) in [5.41, 5.74) is -0.326. The lowest BCUT2D eigenvalue weighted by atomic mass is 9.74. The van der Waals surface area contributed by atoms with Gasteiger partial charge in [0.2, 0.25) is 5.91 Å². The fourth-order valence-corrected chi connectivity index (χ4v) is 2.67. The van der Waals surface area contributed by atoms with Gasteiger partial charge in [0.1, 0.15) is 6.54 Å². The van der Waals surface area contributed by atoms with Crippen molar-refractivity contribution in [1.29, 1.82) is 0 Å². The molecule has 108 valence electrons. The molecule has 0 heterocycles. The second-order valence-electron chi connectivity index (χ2n) is 5.40. The van der Waals surface area contributed by atoms with Crippen LogP contribution in [0.1, 0.15) is 46.0 Å². The molecule has 0 radical (unpaired) electrons. The Hall–Kier alpha value is -1.32. The molecule has 1 saturated carbocycles. The molecule has 1 fully saturated rings. The number of hydrogen-bond donors (Lipinski definition) is 0. The quantitative estimate of drug-likeness (QED) is 0.549. The summed E-state index contributed by atoms with van der Waals surface area (Å²) in [5, 5.41) is 0. The van der Waals surface area contributed by atoms with E-state index in [9.17, 15) is 9.59 Å². The highest BCUT2D eigenvalue weighted by atomic mass is 16.5. The van der Waals surface area contributed by atoms with Crippen LogP contribution >= 0.6 is 0 Å². The van der Waals surface area contributed by atoms with Crippen molar-refractivity contribution in [3.8, 4) is 0 Å². The summed E-state index contributed by atoms with van der Waals surface area (Å²) >= 11 is 0. The van der Waals surface area contributed by atoms with E-state index in [2.05, 4.69) is 6.58 Å². The Kier molecular flexibility index (Phi) is 6.06. The summed E-state index contributed by atoms with van der Waals surface area (Å²) in [6.45, 7) is 8.19. The van der Waals surface area contributed by atoms with Crippen molar-refractivity contribution in [1.82, 2.24) is 4.90 Å². The van der Waals surface area contributed by atoms with Crippen LogP contribution in [0.3, 0.4) is 0 Å². The van der Waals surface area contributed by atoms with Gasteiger partial charge < -0.3 is 9.64 Å². The van der Waals surface area contributed by atoms with Crippen LogP contribution in [0.25, 0.3) is 0 Å². The van der Waals surface area contributed by atoms with Gasteiger partial charge in [-0.15, -0.1) is 6.58 Å². The molecule has 0 unspecified atom stereocenters. The number of esters is 1. The Bertz CT molecular complexity index is 332. The zero-order valence-electron chi connectivity index (χ0n) is 12.1. The largest absolute Gasteiger partial charge is 0.465 e. The normalized spacial score (nSPS) is 17.6. The Morgan fingerprint density at radius 2 is 1.95 bits per heavy atom. The molecule has 0 aliphatic heterocycles. The summed E-state index contributed by atoms with van der Waals surface area (Å²) in [7, 11) is 0. The van der Waals surface area contributed by atoms with Crippen molar-refractivity contribution in [2.24, 2.45) is 5.41 Å². The summed E-state index contributed by atoms with van der Waals surface area (Å²) in [6.07, 6.45) is 6.84. The number of nitrogens with zero attached hydrogens (tertiary/aromatic N) is 1. The third-order valence-electron chi connectivity index (χ3n) is 3.74. The van der Waals surface area contributed by atoms with E-state index in [0.29, 0.717) is 13.2 Å². The molecule has 19 heavy (non-hydrogen) atoms. The third kappa shape index (κ3) is 4.37. The van der Waals surface area contributed by atoms with Crippen molar-refractivity contribution in [3.63, 3.8) is 0 Å². The minimum absolute atomic E-state index is 0.0221. The average Bonchev–Trinajstić information content (AvgIpc) is 2.38. The van der Waals surface area contributed by atoms with Crippen LogP contribution in [-0.4, -0.2) is 36.5 Å². The van der Waals surface area contributed by atoms with Crippen LogP contribution in [0.4, 0.5) is 0 Å². The van der Waals surface area contributed by atoms with Crippen molar-refractivity contribution < 1.29 is 14.3 Å². The molecule has 0 spiro atoms. The van der Waals surface area contributed by atoms with Crippen LogP contribution in [0, 0.1) is 5.41 Å². The summed E-state index contributed by atoms with van der Waals surface area (Å²) in [5.74, 6) is -0.294. The van der Waals surface area contributed by atoms with Crippen molar-refractivity contribution in [3.05, 3.63) is 12.7 Å². The van der Waals surface area contributed by atoms with E-state index in [1.54, 1.807) is 17.9 Å². The number of hydrogen-bond acceptors (Lipinski definition) is 3. The minimum Gasteiger partial charge on any atom is -0.465 e. The Morgan fingerprint density at radius 3 is 2.47 bits per heavy atom. The van der Waals surface area contributed by atoms with Gasteiger partial charge in [-0.05, 0) is 19.8 Å². The SMILES string of the molecule is C=CCN(CC(=O)OCC)C(=O)C1(C)CCCCC1. The monoisotopic (exact) mass is 267 g/mol. The molecule has 4 heteroatoms. The Labute approximate surface area is 115 Å². The van der Waals surface area contributed by atoms with Crippen molar-refractivity contribution in [2.45, 2.75) is 46.0 Å². The highest BCUT2D eigenvalue weighted by Crippen LogP contribution is 2.37. The number of carbonyl (C=O) groups is 2. The smallest absolute Gasteiger partial charge is 0.325 e. The lowest BCUT2D eigenvalue weighted by Gasteiger charge is -2.36. The highest BCUT2D eigenvalue weighted by molar-refractivity contribution is 5.86.